The molecular weight excluding hydrogens is 492 g/mol. The summed E-state index contributed by atoms with van der Waals surface area (Å²) in [5, 5.41) is 4.00. The lowest BCUT2D eigenvalue weighted by Gasteiger charge is -2.22. The summed E-state index contributed by atoms with van der Waals surface area (Å²) in [6.45, 7) is 9.44. The van der Waals surface area contributed by atoms with Gasteiger partial charge in [-0.15, -0.1) is 11.3 Å². The molecule has 190 valence electrons. The molecule has 3 rings (SSSR count). The van der Waals surface area contributed by atoms with Crippen LogP contribution < -0.4 is 4.31 Å². The standard InChI is InChI=1S/C24H30N2O7S2/c1-7-32-23(27)19-8-9-20(15(2)12-19)21-13-16(3)34-24(21)35(28,29)26(14-31-11-10-30-6)22-17(4)18(5)33-25-22/h8-9,12-13H,7,10-11,14H2,1-6H3. The number of benzene rings is 1. The van der Waals surface area contributed by atoms with Crippen molar-refractivity contribution in [3.8, 4) is 11.1 Å². The molecule has 0 atom stereocenters. The van der Waals surface area contributed by atoms with Gasteiger partial charge >= 0.3 is 5.97 Å². The fourth-order valence-electron chi connectivity index (χ4n) is 3.45. The fourth-order valence-corrected chi connectivity index (χ4v) is 6.54. The Morgan fingerprint density at radius 3 is 2.46 bits per heavy atom. The molecule has 0 aliphatic rings. The molecule has 0 unspecified atom stereocenters. The zero-order valence-corrected chi connectivity index (χ0v) is 22.3. The number of rotatable bonds is 11. The molecular formula is C24H30N2O7S2. The number of carbonyl (C=O) groups excluding carboxylic acids is 1. The normalized spacial score (nSPS) is 11.6. The maximum Gasteiger partial charge on any atom is 0.338 e. The van der Waals surface area contributed by atoms with Crippen molar-refractivity contribution < 1.29 is 31.9 Å². The van der Waals surface area contributed by atoms with Gasteiger partial charge in [-0.05, 0) is 63.9 Å². The smallest absolute Gasteiger partial charge is 0.338 e. The number of thiophene rings is 1. The Balaban J connectivity index is 2.08. The average molecular weight is 523 g/mol. The molecule has 0 spiro atoms. The van der Waals surface area contributed by atoms with E-state index in [1.165, 1.54) is 0 Å². The predicted molar refractivity (Wildman–Crippen MR) is 134 cm³/mol. The number of anilines is 1. The molecule has 0 bridgehead atoms. The van der Waals surface area contributed by atoms with Crippen molar-refractivity contribution in [3.63, 3.8) is 0 Å². The van der Waals surface area contributed by atoms with Gasteiger partial charge in [-0.3, -0.25) is 0 Å². The van der Waals surface area contributed by atoms with Crippen LogP contribution in [0.25, 0.3) is 11.1 Å². The van der Waals surface area contributed by atoms with Crippen LogP contribution in [0, 0.1) is 27.7 Å². The summed E-state index contributed by atoms with van der Waals surface area (Å²) in [5.74, 6) is 0.268. The van der Waals surface area contributed by atoms with Gasteiger partial charge in [0, 0.05) is 23.1 Å². The van der Waals surface area contributed by atoms with E-state index in [1.807, 2.05) is 19.9 Å². The van der Waals surface area contributed by atoms with Gasteiger partial charge < -0.3 is 18.7 Å². The maximum absolute atomic E-state index is 14.0. The van der Waals surface area contributed by atoms with Crippen LogP contribution in [-0.4, -0.2) is 53.2 Å². The zero-order chi connectivity index (χ0) is 25.8. The van der Waals surface area contributed by atoms with Crippen molar-refractivity contribution >= 4 is 33.1 Å². The molecule has 2 aromatic heterocycles. The van der Waals surface area contributed by atoms with E-state index >= 15 is 0 Å². The van der Waals surface area contributed by atoms with Crippen LogP contribution in [0.15, 0.2) is 33.0 Å². The number of aryl methyl sites for hydroxylation is 3. The van der Waals surface area contributed by atoms with Crippen LogP contribution in [0.2, 0.25) is 0 Å². The van der Waals surface area contributed by atoms with Crippen LogP contribution in [0.5, 0.6) is 0 Å². The first-order valence-electron chi connectivity index (χ1n) is 11.0. The van der Waals surface area contributed by atoms with Crippen molar-refractivity contribution in [2.45, 2.75) is 38.8 Å². The second-order valence-electron chi connectivity index (χ2n) is 7.88. The molecule has 0 aliphatic carbocycles. The highest BCUT2D eigenvalue weighted by atomic mass is 32.2. The lowest BCUT2D eigenvalue weighted by molar-refractivity contribution is 0.0526. The largest absolute Gasteiger partial charge is 0.462 e. The van der Waals surface area contributed by atoms with E-state index in [0.717, 1.165) is 26.1 Å². The Morgan fingerprint density at radius 2 is 1.86 bits per heavy atom. The first kappa shape index (κ1) is 26.9. The SMILES string of the molecule is CCOC(=O)c1ccc(-c2cc(C)sc2S(=O)(=O)N(COCCOC)c2noc(C)c2C)c(C)c1. The molecule has 1 aromatic carbocycles. The molecule has 3 aromatic rings. The molecule has 11 heteroatoms. The Labute approximate surface area is 209 Å². The monoisotopic (exact) mass is 522 g/mol. The molecule has 0 fully saturated rings. The first-order chi connectivity index (χ1) is 16.6. The second-order valence-corrected chi connectivity index (χ2v) is 11.2. The number of aromatic nitrogens is 1. The molecule has 0 radical (unpaired) electrons. The third-order valence-corrected chi connectivity index (χ3v) is 8.66. The van der Waals surface area contributed by atoms with Gasteiger partial charge in [0.1, 0.15) is 16.7 Å². The fraction of sp³-hybridized carbons (Fsp3) is 0.417. The van der Waals surface area contributed by atoms with E-state index in [0.29, 0.717) is 34.6 Å². The summed E-state index contributed by atoms with van der Waals surface area (Å²) >= 11 is 1.16. The lowest BCUT2D eigenvalue weighted by Crippen LogP contribution is -2.34. The highest BCUT2D eigenvalue weighted by Gasteiger charge is 2.34. The second kappa shape index (κ2) is 11.3. The minimum Gasteiger partial charge on any atom is -0.462 e. The molecule has 0 aliphatic heterocycles. The minimum atomic E-state index is -4.09. The van der Waals surface area contributed by atoms with E-state index < -0.39 is 16.0 Å². The van der Waals surface area contributed by atoms with E-state index in [4.69, 9.17) is 18.7 Å². The molecule has 0 saturated carbocycles. The van der Waals surface area contributed by atoms with Crippen LogP contribution in [0.4, 0.5) is 5.82 Å². The lowest BCUT2D eigenvalue weighted by atomic mass is 10.0. The predicted octanol–water partition coefficient (Wildman–Crippen LogP) is 4.63. The summed E-state index contributed by atoms with van der Waals surface area (Å²) in [5.41, 5.74) is 3.01. The number of carbonyl (C=O) groups is 1. The zero-order valence-electron chi connectivity index (χ0n) is 20.7. The average Bonchev–Trinajstić information content (AvgIpc) is 3.36. The quantitative estimate of drug-likeness (QED) is 0.204. The number of hydrogen-bond acceptors (Lipinski definition) is 9. The van der Waals surface area contributed by atoms with Crippen LogP contribution >= 0.6 is 11.3 Å². The Bertz CT molecular complexity index is 1300. The topological polar surface area (TPSA) is 108 Å². The highest BCUT2D eigenvalue weighted by molar-refractivity contribution is 7.95. The number of nitrogens with zero attached hydrogens (tertiary/aromatic N) is 2. The number of ether oxygens (including phenoxy) is 3. The van der Waals surface area contributed by atoms with Gasteiger partial charge in [0.25, 0.3) is 10.0 Å². The summed E-state index contributed by atoms with van der Waals surface area (Å²) in [4.78, 5) is 13.0. The summed E-state index contributed by atoms with van der Waals surface area (Å²) in [6, 6.07) is 6.91. The Kier molecular flexibility index (Phi) is 8.70. The molecule has 0 N–H and O–H groups in total. The number of esters is 1. The van der Waals surface area contributed by atoms with Crippen molar-refractivity contribution in [2.24, 2.45) is 0 Å². The number of methoxy groups -OCH3 is 1. The van der Waals surface area contributed by atoms with Crippen molar-refractivity contribution in [1.29, 1.82) is 0 Å². The summed E-state index contributed by atoms with van der Waals surface area (Å²) < 4.78 is 50.2. The van der Waals surface area contributed by atoms with Gasteiger partial charge in [-0.1, -0.05) is 11.2 Å². The van der Waals surface area contributed by atoms with E-state index in [-0.39, 0.29) is 30.0 Å². The van der Waals surface area contributed by atoms with Crippen LogP contribution in [0.3, 0.4) is 0 Å². The van der Waals surface area contributed by atoms with Gasteiger partial charge in [-0.2, -0.15) is 0 Å². The van der Waals surface area contributed by atoms with Crippen LogP contribution in [-0.2, 0) is 24.2 Å². The van der Waals surface area contributed by atoms with Gasteiger partial charge in [-0.25, -0.2) is 17.5 Å². The van der Waals surface area contributed by atoms with Gasteiger partial charge in [0.15, 0.2) is 5.82 Å². The number of hydrogen-bond donors (Lipinski definition) is 0. The third kappa shape index (κ3) is 5.75. The van der Waals surface area contributed by atoms with Gasteiger partial charge in [0.2, 0.25) is 0 Å². The minimum absolute atomic E-state index is 0.150. The summed E-state index contributed by atoms with van der Waals surface area (Å²) in [7, 11) is -2.55. The van der Waals surface area contributed by atoms with Gasteiger partial charge in [0.05, 0.1) is 25.4 Å². The molecule has 0 saturated heterocycles. The number of sulfonamides is 1. The van der Waals surface area contributed by atoms with E-state index in [1.54, 1.807) is 46.1 Å². The summed E-state index contributed by atoms with van der Waals surface area (Å²) in [6.07, 6.45) is 0. The maximum atomic E-state index is 14.0. The van der Waals surface area contributed by atoms with Crippen molar-refractivity contribution in [3.05, 3.63) is 51.6 Å². The Hall–Kier alpha value is -2.73. The third-order valence-electron chi connectivity index (χ3n) is 5.38. The van der Waals surface area contributed by atoms with Crippen molar-refractivity contribution in [2.75, 3.05) is 38.0 Å². The Morgan fingerprint density at radius 1 is 1.11 bits per heavy atom. The molecule has 35 heavy (non-hydrogen) atoms. The van der Waals surface area contributed by atoms with Crippen LogP contribution in [0.1, 0.15) is 39.0 Å². The molecule has 2 heterocycles. The first-order valence-corrected chi connectivity index (χ1v) is 13.3. The van der Waals surface area contributed by atoms with E-state index in [2.05, 4.69) is 5.16 Å². The van der Waals surface area contributed by atoms with E-state index in [9.17, 15) is 13.2 Å². The van der Waals surface area contributed by atoms with Crippen molar-refractivity contribution in [1.82, 2.24) is 5.16 Å². The molecule has 0 amide bonds. The molecule has 9 nitrogen and oxygen atoms in total. The highest BCUT2D eigenvalue weighted by Crippen LogP contribution is 2.40.